The summed E-state index contributed by atoms with van der Waals surface area (Å²) in [6.45, 7) is 4.89. The molecule has 2 aliphatic rings. The van der Waals surface area contributed by atoms with Crippen LogP contribution < -0.4 is 0 Å². The lowest BCUT2D eigenvalue weighted by atomic mass is 9.94. The fourth-order valence-electron chi connectivity index (χ4n) is 3.72. The summed E-state index contributed by atoms with van der Waals surface area (Å²) in [4.78, 5) is 18.6. The number of hydrogen-bond donors (Lipinski definition) is 0. The van der Waals surface area contributed by atoms with Gasteiger partial charge >= 0.3 is 6.18 Å². The highest BCUT2D eigenvalue weighted by molar-refractivity contribution is 5.81. The van der Waals surface area contributed by atoms with Gasteiger partial charge in [0.25, 0.3) is 0 Å². The van der Waals surface area contributed by atoms with Gasteiger partial charge in [-0.3, -0.25) is 4.79 Å². The average molecular weight is 380 g/mol. The number of aromatic nitrogens is 3. The third-order valence-electron chi connectivity index (χ3n) is 5.43. The molecule has 0 N–H and O–H groups in total. The van der Waals surface area contributed by atoms with Gasteiger partial charge in [-0.05, 0) is 37.7 Å². The third-order valence-corrected chi connectivity index (χ3v) is 5.43. The number of nitrogens with zero attached hydrogens (tertiary/aromatic N) is 4. The number of alkyl halides is 3. The Morgan fingerprint density at radius 1 is 1.22 bits per heavy atom. The molecule has 0 spiro atoms. The molecule has 0 aromatic carbocycles. The lowest BCUT2D eigenvalue weighted by Crippen LogP contribution is -2.40. The van der Waals surface area contributed by atoms with Crippen LogP contribution in [0.25, 0.3) is 5.65 Å². The molecule has 3 heterocycles. The van der Waals surface area contributed by atoms with Crippen LogP contribution in [0.15, 0.2) is 12.1 Å². The highest BCUT2D eigenvalue weighted by Gasteiger charge is 2.38. The van der Waals surface area contributed by atoms with E-state index in [9.17, 15) is 18.0 Å². The minimum absolute atomic E-state index is 0.0493. The Labute approximate surface area is 155 Å². The number of amides is 1. The Bertz CT molecular complexity index is 870. The summed E-state index contributed by atoms with van der Waals surface area (Å²) in [7, 11) is 0. The first-order valence-corrected chi connectivity index (χ1v) is 9.50. The van der Waals surface area contributed by atoms with Gasteiger partial charge in [-0.15, -0.1) is 0 Å². The molecule has 2 fully saturated rings. The third kappa shape index (κ3) is 3.53. The maximum absolute atomic E-state index is 13.5. The summed E-state index contributed by atoms with van der Waals surface area (Å²) in [6.07, 6.45) is -0.949. The molecule has 146 valence electrons. The first-order valence-electron chi connectivity index (χ1n) is 9.50. The number of carbonyl (C=O) groups is 1. The first-order chi connectivity index (χ1) is 12.7. The molecule has 1 amide bonds. The molecule has 0 unspecified atom stereocenters. The van der Waals surface area contributed by atoms with Crippen molar-refractivity contribution < 1.29 is 18.0 Å². The second-order valence-electron chi connectivity index (χ2n) is 7.96. The van der Waals surface area contributed by atoms with Crippen LogP contribution in [0, 0.1) is 5.92 Å². The van der Waals surface area contributed by atoms with Crippen LogP contribution in [0.3, 0.4) is 0 Å². The minimum Gasteiger partial charge on any atom is -0.342 e. The fraction of sp³-hybridized carbons (Fsp3) is 0.632. The summed E-state index contributed by atoms with van der Waals surface area (Å²) in [5.74, 6) is 0.166. The van der Waals surface area contributed by atoms with Gasteiger partial charge in [0, 0.05) is 36.7 Å². The highest BCUT2D eigenvalue weighted by Crippen LogP contribution is 2.35. The molecule has 2 aromatic rings. The van der Waals surface area contributed by atoms with Gasteiger partial charge in [0.05, 0.1) is 5.69 Å². The highest BCUT2D eigenvalue weighted by atomic mass is 19.4. The van der Waals surface area contributed by atoms with E-state index in [1.165, 1.54) is 0 Å². The van der Waals surface area contributed by atoms with Crippen LogP contribution in [0.1, 0.15) is 68.4 Å². The number of halogens is 3. The molecular formula is C19H23F3N4O. The standard InChI is InChI=1S/C19H23F3N4O/c1-11(2)14-8-16(19(20,21)22)26-17(23-14)9-15(24-26)13-4-3-7-25(10-13)18(27)12-5-6-12/h8-9,11-13H,3-7,10H2,1-2H3/t13-/m0/s1. The van der Waals surface area contributed by atoms with Crippen molar-refractivity contribution in [2.75, 3.05) is 13.1 Å². The van der Waals surface area contributed by atoms with Crippen LogP contribution in [-0.2, 0) is 11.0 Å². The maximum atomic E-state index is 13.5. The zero-order chi connectivity index (χ0) is 19.3. The van der Waals surface area contributed by atoms with Gasteiger partial charge in [-0.1, -0.05) is 13.8 Å². The predicted octanol–water partition coefficient (Wildman–Crippen LogP) is 3.99. The van der Waals surface area contributed by atoms with Crippen molar-refractivity contribution in [2.24, 2.45) is 5.92 Å². The lowest BCUT2D eigenvalue weighted by Gasteiger charge is -2.32. The minimum atomic E-state index is -4.51. The van der Waals surface area contributed by atoms with Gasteiger partial charge in [-0.25, -0.2) is 9.50 Å². The molecule has 2 aromatic heterocycles. The SMILES string of the molecule is CC(C)c1cc(C(F)(F)F)n2nc([C@H]3CCCN(C(=O)C4CC4)C3)cc2n1. The van der Waals surface area contributed by atoms with Gasteiger partial charge in [0.2, 0.25) is 5.91 Å². The number of hydrogen-bond acceptors (Lipinski definition) is 3. The number of likely N-dealkylation sites (tertiary alicyclic amines) is 1. The van der Waals surface area contributed by atoms with Crippen molar-refractivity contribution in [3.05, 3.63) is 29.2 Å². The second kappa shape index (κ2) is 6.49. The summed E-state index contributed by atoms with van der Waals surface area (Å²) < 4.78 is 41.5. The van der Waals surface area contributed by atoms with Crippen LogP contribution in [0.5, 0.6) is 0 Å². The molecule has 1 atom stereocenters. The zero-order valence-electron chi connectivity index (χ0n) is 15.5. The first kappa shape index (κ1) is 18.3. The van der Waals surface area contributed by atoms with Crippen molar-refractivity contribution in [1.29, 1.82) is 0 Å². The summed E-state index contributed by atoms with van der Waals surface area (Å²) >= 11 is 0. The number of fused-ring (bicyclic) bond motifs is 1. The summed E-state index contributed by atoms with van der Waals surface area (Å²) in [6, 6.07) is 2.73. The van der Waals surface area contributed by atoms with E-state index < -0.39 is 11.9 Å². The van der Waals surface area contributed by atoms with E-state index in [1.807, 2.05) is 18.7 Å². The molecule has 1 saturated heterocycles. The van der Waals surface area contributed by atoms with Crippen LogP contribution in [0.4, 0.5) is 13.2 Å². The van der Waals surface area contributed by atoms with E-state index in [2.05, 4.69) is 10.1 Å². The Kier molecular flexibility index (Phi) is 4.39. The molecule has 1 aliphatic heterocycles. The van der Waals surface area contributed by atoms with E-state index in [0.717, 1.165) is 42.8 Å². The van der Waals surface area contributed by atoms with Gasteiger partial charge < -0.3 is 4.90 Å². The van der Waals surface area contributed by atoms with Crippen molar-refractivity contribution in [3.8, 4) is 0 Å². The van der Waals surface area contributed by atoms with Crippen LogP contribution >= 0.6 is 0 Å². The molecule has 4 rings (SSSR count). The number of rotatable bonds is 3. The monoisotopic (exact) mass is 380 g/mol. The van der Waals surface area contributed by atoms with E-state index in [1.54, 1.807) is 6.07 Å². The summed E-state index contributed by atoms with van der Waals surface area (Å²) in [5, 5.41) is 4.25. The molecule has 1 saturated carbocycles. The quantitative estimate of drug-likeness (QED) is 0.809. The molecule has 5 nitrogen and oxygen atoms in total. The van der Waals surface area contributed by atoms with E-state index >= 15 is 0 Å². The van der Waals surface area contributed by atoms with Crippen molar-refractivity contribution >= 4 is 11.6 Å². The smallest absolute Gasteiger partial charge is 0.342 e. The molecule has 8 heteroatoms. The predicted molar refractivity (Wildman–Crippen MR) is 93.4 cm³/mol. The zero-order valence-corrected chi connectivity index (χ0v) is 15.5. The molecule has 0 radical (unpaired) electrons. The Hall–Kier alpha value is -2.12. The molecule has 27 heavy (non-hydrogen) atoms. The van der Waals surface area contributed by atoms with Crippen molar-refractivity contribution in [3.63, 3.8) is 0 Å². The van der Waals surface area contributed by atoms with Gasteiger partial charge in [-0.2, -0.15) is 18.3 Å². The fourth-order valence-corrected chi connectivity index (χ4v) is 3.72. The van der Waals surface area contributed by atoms with Crippen LogP contribution in [0.2, 0.25) is 0 Å². The maximum Gasteiger partial charge on any atom is 0.433 e. The van der Waals surface area contributed by atoms with Gasteiger partial charge in [0.15, 0.2) is 5.65 Å². The Balaban J connectivity index is 1.69. The number of piperidine rings is 1. The van der Waals surface area contributed by atoms with Crippen molar-refractivity contribution in [2.45, 2.75) is 57.5 Å². The Morgan fingerprint density at radius 2 is 1.96 bits per heavy atom. The molecular weight excluding hydrogens is 357 g/mol. The molecule has 0 bridgehead atoms. The summed E-state index contributed by atoms with van der Waals surface area (Å²) in [5.41, 5.74) is 0.399. The van der Waals surface area contributed by atoms with Gasteiger partial charge in [0.1, 0.15) is 5.69 Å². The van der Waals surface area contributed by atoms with E-state index in [-0.39, 0.29) is 29.3 Å². The lowest BCUT2D eigenvalue weighted by molar-refractivity contribution is -0.142. The number of carbonyl (C=O) groups excluding carboxylic acids is 1. The molecule has 1 aliphatic carbocycles. The van der Waals surface area contributed by atoms with Crippen molar-refractivity contribution in [1.82, 2.24) is 19.5 Å². The second-order valence-corrected chi connectivity index (χ2v) is 7.96. The average Bonchev–Trinajstić information content (AvgIpc) is 3.37. The Morgan fingerprint density at radius 3 is 2.59 bits per heavy atom. The topological polar surface area (TPSA) is 50.5 Å². The van der Waals surface area contributed by atoms with E-state index in [4.69, 9.17) is 0 Å². The normalized spacial score (nSPS) is 21.3. The van der Waals surface area contributed by atoms with E-state index in [0.29, 0.717) is 17.9 Å². The van der Waals surface area contributed by atoms with Crippen LogP contribution in [-0.4, -0.2) is 38.5 Å². The largest absolute Gasteiger partial charge is 0.433 e.